The normalized spacial score (nSPS) is 25.2. The molecule has 0 bridgehead atoms. The van der Waals surface area contributed by atoms with Crippen LogP contribution < -0.4 is 5.73 Å². The molecule has 0 aromatic heterocycles. The average Bonchev–Trinajstić information content (AvgIpc) is 2.12. The lowest BCUT2D eigenvalue weighted by molar-refractivity contribution is -0.263. The Morgan fingerprint density at radius 1 is 1.53 bits per heavy atom. The Kier molecular flexibility index (Phi) is 3.66. The topological polar surface area (TPSA) is 86.5 Å². The number of hydrogen-bond donors (Lipinski definition) is 2. The van der Waals surface area contributed by atoms with Crippen LogP contribution in [0.4, 0.5) is 0 Å². The number of carboxylic acid groups (broad SMARTS) is 1. The summed E-state index contributed by atoms with van der Waals surface area (Å²) in [5, 5.41) is 21.9. The quantitative estimate of drug-likeness (QED) is 0.730. The van der Waals surface area contributed by atoms with Gasteiger partial charge in [0.2, 0.25) is 0 Å². The molecule has 1 aliphatic heterocycles. The highest BCUT2D eigenvalue weighted by Gasteiger charge is 2.42. The van der Waals surface area contributed by atoms with Crippen molar-refractivity contribution in [2.75, 3.05) is 0 Å². The van der Waals surface area contributed by atoms with Crippen LogP contribution in [0.3, 0.4) is 0 Å². The van der Waals surface area contributed by atoms with E-state index < -0.39 is 23.1 Å². The predicted octanol–water partition coefficient (Wildman–Crippen LogP) is 1.32. The molecule has 1 rings (SSSR count). The maximum Gasteiger partial charge on any atom is 0.320 e. The maximum absolute atomic E-state index is 12.1. The minimum absolute atomic E-state index is 0.302. The van der Waals surface area contributed by atoms with Crippen LogP contribution in [0.1, 0.15) is 40.5 Å². The van der Waals surface area contributed by atoms with E-state index in [4.69, 9.17) is 10.8 Å². The molecule has 0 saturated heterocycles. The van der Waals surface area contributed by atoms with E-state index in [2.05, 4.69) is 0 Å². The van der Waals surface area contributed by atoms with Crippen molar-refractivity contribution in [3.05, 3.63) is 11.6 Å². The third-order valence-electron chi connectivity index (χ3n) is 3.09. The molecule has 0 aromatic carbocycles. The fraction of sp³-hybridized carbons (Fsp3) is 0.750. The molecule has 0 aliphatic carbocycles. The summed E-state index contributed by atoms with van der Waals surface area (Å²) < 4.78 is 0. The van der Waals surface area contributed by atoms with Crippen LogP contribution in [0.5, 0.6) is 0 Å². The Hall–Kier alpha value is -0.910. The number of rotatable bonds is 3. The third-order valence-corrected chi connectivity index (χ3v) is 3.09. The number of carboxylic acids is 1. The lowest BCUT2D eigenvalue weighted by Crippen LogP contribution is -2.55. The minimum Gasteiger partial charge on any atom is -0.480 e. The molecule has 0 spiro atoms. The minimum atomic E-state index is -1.01. The molecule has 0 amide bonds. The first-order valence-electron chi connectivity index (χ1n) is 5.73. The number of hydrogen-bond acceptors (Lipinski definition) is 3. The molecule has 5 heteroatoms. The third kappa shape index (κ3) is 3.06. The first-order valence-corrected chi connectivity index (χ1v) is 5.73. The predicted molar refractivity (Wildman–Crippen MR) is 63.6 cm³/mol. The molecule has 0 saturated carbocycles. The highest BCUT2D eigenvalue weighted by molar-refractivity contribution is 5.73. The molecule has 3 N–H and O–H groups in total. The molecular formula is C12H21N2O3. The first-order chi connectivity index (χ1) is 7.56. The molecule has 1 unspecified atom stereocenters. The van der Waals surface area contributed by atoms with Gasteiger partial charge in [-0.15, -0.1) is 10.3 Å². The Labute approximate surface area is 102 Å². The fourth-order valence-corrected chi connectivity index (χ4v) is 2.52. The van der Waals surface area contributed by atoms with Crippen molar-refractivity contribution in [1.82, 2.24) is 5.06 Å². The second-order valence-electron chi connectivity index (χ2n) is 5.89. The number of nitrogens with zero attached hydrogens (tertiary/aromatic N) is 1. The monoisotopic (exact) mass is 241 g/mol. The van der Waals surface area contributed by atoms with Crippen LogP contribution in [0.15, 0.2) is 11.6 Å². The van der Waals surface area contributed by atoms with Gasteiger partial charge >= 0.3 is 5.97 Å². The van der Waals surface area contributed by atoms with Crippen molar-refractivity contribution in [2.45, 2.75) is 57.7 Å². The molecule has 1 heterocycles. The Bertz CT molecular complexity index is 348. The summed E-state index contributed by atoms with van der Waals surface area (Å²) in [6.07, 6.45) is 2.70. The molecule has 0 aromatic rings. The zero-order chi connectivity index (χ0) is 13.4. The summed E-state index contributed by atoms with van der Waals surface area (Å²) in [6.45, 7) is 7.38. The zero-order valence-electron chi connectivity index (χ0n) is 10.9. The van der Waals surface area contributed by atoms with E-state index in [-0.39, 0.29) is 0 Å². The lowest BCUT2D eigenvalue weighted by Gasteiger charge is -2.45. The van der Waals surface area contributed by atoms with Gasteiger partial charge in [0.05, 0.1) is 5.54 Å². The van der Waals surface area contributed by atoms with Gasteiger partial charge < -0.3 is 10.8 Å². The lowest BCUT2D eigenvalue weighted by atomic mass is 9.81. The molecule has 17 heavy (non-hydrogen) atoms. The van der Waals surface area contributed by atoms with Gasteiger partial charge in [-0.3, -0.25) is 4.79 Å². The molecule has 1 atom stereocenters. The summed E-state index contributed by atoms with van der Waals surface area (Å²) in [5.74, 6) is -1.01. The fourth-order valence-electron chi connectivity index (χ4n) is 2.52. The van der Waals surface area contributed by atoms with Crippen LogP contribution in [-0.2, 0) is 10.0 Å². The Morgan fingerprint density at radius 2 is 2.06 bits per heavy atom. The largest absolute Gasteiger partial charge is 0.480 e. The zero-order valence-corrected chi connectivity index (χ0v) is 10.9. The highest BCUT2D eigenvalue weighted by Crippen LogP contribution is 2.37. The molecular weight excluding hydrogens is 220 g/mol. The molecule has 1 aliphatic rings. The van der Waals surface area contributed by atoms with Gasteiger partial charge in [0.15, 0.2) is 0 Å². The van der Waals surface area contributed by atoms with Gasteiger partial charge in [-0.05, 0) is 40.5 Å². The van der Waals surface area contributed by atoms with Crippen LogP contribution in [-0.4, -0.2) is 33.3 Å². The Balaban J connectivity index is 2.92. The molecule has 5 nitrogen and oxygen atoms in total. The smallest absolute Gasteiger partial charge is 0.320 e. The van der Waals surface area contributed by atoms with E-state index in [1.807, 2.05) is 33.8 Å². The summed E-state index contributed by atoms with van der Waals surface area (Å²) in [4.78, 5) is 10.7. The second-order valence-corrected chi connectivity index (χ2v) is 5.89. The van der Waals surface area contributed by atoms with Crippen LogP contribution >= 0.6 is 0 Å². The standard InChI is InChI=1S/C12H21N2O3/c1-11(2)6-8(5-9(13)10(15)16)7-12(3,4)14(11)17/h6,9H,5,7,13H2,1-4H3,(H,15,16). The van der Waals surface area contributed by atoms with Crippen LogP contribution in [0.2, 0.25) is 0 Å². The van der Waals surface area contributed by atoms with Gasteiger partial charge in [-0.25, -0.2) is 0 Å². The van der Waals surface area contributed by atoms with E-state index in [9.17, 15) is 10.0 Å². The summed E-state index contributed by atoms with van der Waals surface area (Å²) >= 11 is 0. The van der Waals surface area contributed by atoms with Crippen molar-refractivity contribution in [2.24, 2.45) is 5.73 Å². The van der Waals surface area contributed by atoms with Gasteiger partial charge in [-0.2, -0.15) is 0 Å². The van der Waals surface area contributed by atoms with E-state index >= 15 is 0 Å². The van der Waals surface area contributed by atoms with Crippen molar-refractivity contribution in [3.63, 3.8) is 0 Å². The van der Waals surface area contributed by atoms with Gasteiger partial charge in [0.1, 0.15) is 6.04 Å². The van der Waals surface area contributed by atoms with E-state index in [1.165, 1.54) is 0 Å². The molecule has 0 fully saturated rings. The van der Waals surface area contributed by atoms with Gasteiger partial charge in [-0.1, -0.05) is 11.6 Å². The molecule has 1 radical (unpaired) electrons. The summed E-state index contributed by atoms with van der Waals surface area (Å²) in [6, 6.07) is -0.897. The van der Waals surface area contributed by atoms with Gasteiger partial charge in [0, 0.05) is 5.54 Å². The number of hydroxylamine groups is 2. The van der Waals surface area contributed by atoms with E-state index in [1.54, 1.807) is 0 Å². The number of carbonyl (C=O) groups is 1. The SMILES string of the molecule is CC1(C)C=C(CC(N)C(=O)O)CC(C)(C)N1[O]. The van der Waals surface area contributed by atoms with Crippen molar-refractivity contribution in [3.8, 4) is 0 Å². The maximum atomic E-state index is 12.1. The Morgan fingerprint density at radius 3 is 2.47 bits per heavy atom. The van der Waals surface area contributed by atoms with Crippen molar-refractivity contribution < 1.29 is 15.1 Å². The van der Waals surface area contributed by atoms with E-state index in [0.717, 1.165) is 10.6 Å². The first kappa shape index (κ1) is 14.2. The van der Waals surface area contributed by atoms with Gasteiger partial charge in [0.25, 0.3) is 0 Å². The number of aliphatic carboxylic acids is 1. The van der Waals surface area contributed by atoms with Crippen molar-refractivity contribution >= 4 is 5.97 Å². The number of nitrogens with two attached hydrogens (primary N) is 1. The van der Waals surface area contributed by atoms with E-state index in [0.29, 0.717) is 12.8 Å². The summed E-state index contributed by atoms with van der Waals surface area (Å²) in [7, 11) is 0. The molecule has 97 valence electrons. The van der Waals surface area contributed by atoms with Crippen molar-refractivity contribution in [1.29, 1.82) is 0 Å². The van der Waals surface area contributed by atoms with Crippen LogP contribution in [0, 0.1) is 0 Å². The highest BCUT2D eigenvalue weighted by atomic mass is 16.5. The average molecular weight is 241 g/mol. The summed E-state index contributed by atoms with van der Waals surface area (Å²) in [5.41, 5.74) is 5.34. The van der Waals surface area contributed by atoms with Crippen LogP contribution in [0.25, 0.3) is 0 Å². The second kappa shape index (κ2) is 4.40.